The van der Waals surface area contributed by atoms with Crippen LogP contribution in [0.15, 0.2) is 40.9 Å². The van der Waals surface area contributed by atoms with Crippen molar-refractivity contribution in [3.05, 3.63) is 63.1 Å². The quantitative estimate of drug-likeness (QED) is 0.553. The van der Waals surface area contributed by atoms with Crippen LogP contribution in [0.5, 0.6) is 5.75 Å². The highest BCUT2D eigenvalue weighted by molar-refractivity contribution is 9.10. The van der Waals surface area contributed by atoms with Crippen molar-refractivity contribution in [1.82, 2.24) is 0 Å². The van der Waals surface area contributed by atoms with Crippen molar-refractivity contribution >= 4 is 33.3 Å². The van der Waals surface area contributed by atoms with E-state index in [4.69, 9.17) is 16.3 Å². The van der Waals surface area contributed by atoms with Crippen molar-refractivity contribution in [2.45, 2.75) is 13.0 Å². The first-order valence-electron chi connectivity index (χ1n) is 5.99. The number of rotatable bonds is 4. The van der Waals surface area contributed by atoms with E-state index >= 15 is 0 Å². The fourth-order valence-corrected chi connectivity index (χ4v) is 2.42. The maximum atomic E-state index is 13.4. The molecule has 0 aromatic heterocycles. The summed E-state index contributed by atoms with van der Waals surface area (Å²) in [6.45, 7) is 1.53. The van der Waals surface area contributed by atoms with E-state index in [2.05, 4.69) is 15.9 Å². The topological polar surface area (TPSA) is 26.3 Å². The summed E-state index contributed by atoms with van der Waals surface area (Å²) in [6, 6.07) is 7.57. The Morgan fingerprint density at radius 2 is 1.86 bits per heavy atom. The molecule has 21 heavy (non-hydrogen) atoms. The van der Waals surface area contributed by atoms with Crippen LogP contribution in [0.2, 0.25) is 5.02 Å². The van der Waals surface area contributed by atoms with E-state index in [1.807, 2.05) is 0 Å². The van der Waals surface area contributed by atoms with E-state index in [9.17, 15) is 13.6 Å². The van der Waals surface area contributed by atoms with Crippen LogP contribution < -0.4 is 4.74 Å². The van der Waals surface area contributed by atoms with Gasteiger partial charge >= 0.3 is 0 Å². The number of hydrogen-bond donors (Lipinski definition) is 0. The molecule has 0 N–H and O–H groups in total. The monoisotopic (exact) mass is 374 g/mol. The van der Waals surface area contributed by atoms with Gasteiger partial charge in [-0.3, -0.25) is 4.79 Å². The summed E-state index contributed by atoms with van der Waals surface area (Å²) >= 11 is 8.82. The fraction of sp³-hybridized carbons (Fsp3) is 0.133. The molecule has 2 nitrogen and oxygen atoms in total. The zero-order valence-electron chi connectivity index (χ0n) is 10.9. The standard InChI is InChI=1S/C15H10BrClF2O2/c1-8(15(20)9-2-4-10(18)5-3-9)21-14-7-13(19)12(17)6-11(14)16/h2-8H,1H3. The minimum Gasteiger partial charge on any atom is -0.481 e. The molecular formula is C15H10BrClF2O2. The van der Waals surface area contributed by atoms with Gasteiger partial charge in [-0.1, -0.05) is 11.6 Å². The first kappa shape index (κ1) is 15.9. The van der Waals surface area contributed by atoms with Crippen LogP contribution >= 0.6 is 27.5 Å². The third kappa shape index (κ3) is 3.80. The second-order valence-electron chi connectivity index (χ2n) is 4.33. The van der Waals surface area contributed by atoms with E-state index in [-0.39, 0.29) is 16.6 Å². The lowest BCUT2D eigenvalue weighted by atomic mass is 10.1. The second-order valence-corrected chi connectivity index (χ2v) is 5.59. The number of ether oxygens (including phenoxy) is 1. The Bertz CT molecular complexity index is 674. The minimum absolute atomic E-state index is 0.0493. The largest absolute Gasteiger partial charge is 0.481 e. The normalized spacial score (nSPS) is 12.0. The predicted molar refractivity (Wildman–Crippen MR) is 79.9 cm³/mol. The lowest BCUT2D eigenvalue weighted by molar-refractivity contribution is 0.0816. The molecule has 0 bridgehead atoms. The number of halogens is 4. The van der Waals surface area contributed by atoms with Crippen LogP contribution in [0.1, 0.15) is 17.3 Å². The van der Waals surface area contributed by atoms with E-state index in [1.165, 1.54) is 37.3 Å². The van der Waals surface area contributed by atoms with Crippen LogP contribution in [0, 0.1) is 11.6 Å². The molecule has 0 amide bonds. The summed E-state index contributed by atoms with van der Waals surface area (Å²) in [6.07, 6.45) is -0.854. The van der Waals surface area contributed by atoms with Gasteiger partial charge in [0.1, 0.15) is 17.4 Å². The molecule has 0 saturated carbocycles. The molecule has 2 aromatic rings. The van der Waals surface area contributed by atoms with Crippen molar-refractivity contribution in [2.24, 2.45) is 0 Å². The Kier molecular flexibility index (Phi) is 4.96. The molecule has 0 aliphatic rings. The highest BCUT2D eigenvalue weighted by Crippen LogP contribution is 2.31. The number of carbonyl (C=O) groups excluding carboxylic acids is 1. The maximum Gasteiger partial charge on any atom is 0.202 e. The second kappa shape index (κ2) is 6.54. The maximum absolute atomic E-state index is 13.4. The van der Waals surface area contributed by atoms with Gasteiger partial charge in [-0.2, -0.15) is 0 Å². The number of Topliss-reactive ketones (excluding diaryl/α,β-unsaturated/α-hetero) is 1. The first-order valence-corrected chi connectivity index (χ1v) is 7.16. The smallest absolute Gasteiger partial charge is 0.202 e. The summed E-state index contributed by atoms with van der Waals surface area (Å²) in [5.41, 5.74) is 0.314. The molecule has 0 fully saturated rings. The van der Waals surface area contributed by atoms with Gasteiger partial charge in [0, 0.05) is 11.6 Å². The zero-order valence-corrected chi connectivity index (χ0v) is 13.2. The first-order chi connectivity index (χ1) is 9.88. The average Bonchev–Trinajstić information content (AvgIpc) is 2.44. The Hall–Kier alpha value is -1.46. The highest BCUT2D eigenvalue weighted by atomic mass is 79.9. The predicted octanol–water partition coefficient (Wildman–Crippen LogP) is 5.03. The third-order valence-electron chi connectivity index (χ3n) is 2.78. The summed E-state index contributed by atoms with van der Waals surface area (Å²) in [5, 5.41) is -0.0493. The van der Waals surface area contributed by atoms with Crippen molar-refractivity contribution in [2.75, 3.05) is 0 Å². The molecule has 110 valence electrons. The van der Waals surface area contributed by atoms with E-state index in [0.717, 1.165) is 6.07 Å². The molecule has 1 unspecified atom stereocenters. The van der Waals surface area contributed by atoms with E-state index in [0.29, 0.717) is 10.0 Å². The fourth-order valence-electron chi connectivity index (χ4n) is 1.69. The van der Waals surface area contributed by atoms with Crippen LogP contribution in [0.3, 0.4) is 0 Å². The van der Waals surface area contributed by atoms with E-state index in [1.54, 1.807) is 0 Å². The number of ketones is 1. The van der Waals surface area contributed by atoms with Crippen LogP contribution in [0.4, 0.5) is 8.78 Å². The number of carbonyl (C=O) groups is 1. The van der Waals surface area contributed by atoms with Gasteiger partial charge in [-0.25, -0.2) is 8.78 Å². The molecule has 0 aliphatic heterocycles. The molecule has 0 aliphatic carbocycles. The van der Waals surface area contributed by atoms with Gasteiger partial charge in [-0.05, 0) is 53.2 Å². The summed E-state index contributed by atoms with van der Waals surface area (Å²) in [7, 11) is 0. The average molecular weight is 376 g/mol. The van der Waals surface area contributed by atoms with Crippen molar-refractivity contribution in [3.63, 3.8) is 0 Å². The van der Waals surface area contributed by atoms with Gasteiger partial charge in [0.15, 0.2) is 6.10 Å². The Labute approximate surface area is 133 Å². The lowest BCUT2D eigenvalue weighted by Crippen LogP contribution is -2.24. The van der Waals surface area contributed by atoms with Gasteiger partial charge in [0.2, 0.25) is 5.78 Å². The number of benzene rings is 2. The third-order valence-corrected chi connectivity index (χ3v) is 3.69. The van der Waals surface area contributed by atoms with Crippen molar-refractivity contribution in [3.8, 4) is 5.75 Å². The molecule has 1 atom stereocenters. The molecule has 0 heterocycles. The van der Waals surface area contributed by atoms with Crippen molar-refractivity contribution in [1.29, 1.82) is 0 Å². The molecule has 6 heteroatoms. The molecular weight excluding hydrogens is 366 g/mol. The minimum atomic E-state index is -0.854. The zero-order chi connectivity index (χ0) is 15.6. The van der Waals surface area contributed by atoms with Crippen LogP contribution in [0.25, 0.3) is 0 Å². The summed E-state index contributed by atoms with van der Waals surface area (Å²) in [5.74, 6) is -1.24. The molecule has 0 spiro atoms. The van der Waals surface area contributed by atoms with E-state index < -0.39 is 17.7 Å². The Balaban J connectivity index is 2.18. The van der Waals surface area contributed by atoms with Gasteiger partial charge < -0.3 is 4.74 Å². The van der Waals surface area contributed by atoms with Crippen LogP contribution in [-0.4, -0.2) is 11.9 Å². The molecule has 2 aromatic carbocycles. The Morgan fingerprint density at radius 1 is 1.24 bits per heavy atom. The number of hydrogen-bond acceptors (Lipinski definition) is 2. The molecule has 0 radical (unpaired) electrons. The molecule has 2 rings (SSSR count). The highest BCUT2D eigenvalue weighted by Gasteiger charge is 2.19. The van der Waals surface area contributed by atoms with Gasteiger partial charge in [0.05, 0.1) is 9.50 Å². The van der Waals surface area contributed by atoms with Gasteiger partial charge in [0.25, 0.3) is 0 Å². The van der Waals surface area contributed by atoms with Crippen LogP contribution in [-0.2, 0) is 0 Å². The summed E-state index contributed by atoms with van der Waals surface area (Å²) in [4.78, 5) is 12.1. The SMILES string of the molecule is CC(Oc1cc(F)c(Cl)cc1Br)C(=O)c1ccc(F)cc1. The Morgan fingerprint density at radius 3 is 2.48 bits per heavy atom. The summed E-state index contributed by atoms with van der Waals surface area (Å²) < 4.78 is 32.1. The van der Waals surface area contributed by atoms with Gasteiger partial charge in [-0.15, -0.1) is 0 Å². The molecule has 0 saturated heterocycles. The lowest BCUT2D eigenvalue weighted by Gasteiger charge is -2.15. The van der Waals surface area contributed by atoms with Crippen molar-refractivity contribution < 1.29 is 18.3 Å².